The summed E-state index contributed by atoms with van der Waals surface area (Å²) < 4.78 is 0. The minimum atomic E-state index is 0.123. The summed E-state index contributed by atoms with van der Waals surface area (Å²) in [5.41, 5.74) is 0. The molecule has 0 radical (unpaired) electrons. The van der Waals surface area contributed by atoms with Gasteiger partial charge in [0.2, 0.25) is 11.8 Å². The highest BCUT2D eigenvalue weighted by Crippen LogP contribution is 2.31. The van der Waals surface area contributed by atoms with Crippen LogP contribution in [-0.2, 0) is 9.59 Å². The number of rotatable bonds is 7. The molecule has 0 aliphatic heterocycles. The van der Waals surface area contributed by atoms with Gasteiger partial charge in [0.15, 0.2) is 0 Å². The maximum atomic E-state index is 12.7. The smallest absolute Gasteiger partial charge is 0.225 e. The second-order valence-corrected chi connectivity index (χ2v) is 8.07. The van der Waals surface area contributed by atoms with Crippen LogP contribution < -0.4 is 5.32 Å². The van der Waals surface area contributed by atoms with E-state index < -0.39 is 0 Å². The van der Waals surface area contributed by atoms with Crippen LogP contribution in [0.15, 0.2) is 0 Å². The number of nitrogens with one attached hydrogen (secondary N) is 1. The van der Waals surface area contributed by atoms with Gasteiger partial charge in [-0.25, -0.2) is 0 Å². The second kappa shape index (κ2) is 10.8. The average molecular weight is 351 g/mol. The molecule has 0 aromatic carbocycles. The van der Waals surface area contributed by atoms with Gasteiger partial charge in [0.05, 0.1) is 0 Å². The maximum absolute atomic E-state index is 12.7. The standard InChI is InChI=1S/C21H38N2O2/c1-3-15-23(16-4-2)21(25)18-13-11-17(12-14-18)20(24)22-19-9-7-5-6-8-10-19/h17-19H,3-16H2,1-2H3,(H,22,24). The Morgan fingerprint density at radius 2 is 1.32 bits per heavy atom. The Labute approximate surface area is 154 Å². The molecular formula is C21H38N2O2. The quantitative estimate of drug-likeness (QED) is 0.697. The maximum Gasteiger partial charge on any atom is 0.225 e. The van der Waals surface area contributed by atoms with Gasteiger partial charge in [0.25, 0.3) is 0 Å². The molecule has 4 nitrogen and oxygen atoms in total. The first-order valence-electron chi connectivity index (χ1n) is 10.7. The van der Waals surface area contributed by atoms with E-state index >= 15 is 0 Å². The van der Waals surface area contributed by atoms with Gasteiger partial charge in [0, 0.05) is 31.0 Å². The summed E-state index contributed by atoms with van der Waals surface area (Å²) in [6.07, 6.45) is 12.9. The van der Waals surface area contributed by atoms with Crippen LogP contribution in [0.5, 0.6) is 0 Å². The van der Waals surface area contributed by atoms with Crippen LogP contribution >= 0.6 is 0 Å². The molecule has 144 valence electrons. The molecule has 2 saturated carbocycles. The minimum Gasteiger partial charge on any atom is -0.353 e. The average Bonchev–Trinajstić information content (AvgIpc) is 2.89. The van der Waals surface area contributed by atoms with E-state index in [-0.39, 0.29) is 17.7 Å². The molecule has 2 fully saturated rings. The van der Waals surface area contributed by atoms with Crippen LogP contribution in [0.4, 0.5) is 0 Å². The predicted octanol–water partition coefficient (Wildman–Crippen LogP) is 4.28. The Hall–Kier alpha value is -1.06. The number of amides is 2. The van der Waals surface area contributed by atoms with Crippen LogP contribution in [0.25, 0.3) is 0 Å². The Bertz CT molecular complexity index is 402. The molecule has 4 heteroatoms. The Morgan fingerprint density at radius 3 is 1.84 bits per heavy atom. The van der Waals surface area contributed by atoms with Crippen molar-refractivity contribution >= 4 is 11.8 Å². The van der Waals surface area contributed by atoms with Gasteiger partial charge in [0.1, 0.15) is 0 Å². The Kier molecular flexibility index (Phi) is 8.77. The third-order valence-electron chi connectivity index (χ3n) is 5.95. The van der Waals surface area contributed by atoms with Crippen molar-refractivity contribution in [1.29, 1.82) is 0 Å². The fraction of sp³-hybridized carbons (Fsp3) is 0.905. The van der Waals surface area contributed by atoms with E-state index in [9.17, 15) is 9.59 Å². The van der Waals surface area contributed by atoms with Crippen molar-refractivity contribution < 1.29 is 9.59 Å². The summed E-state index contributed by atoms with van der Waals surface area (Å²) in [4.78, 5) is 27.4. The molecule has 0 unspecified atom stereocenters. The van der Waals surface area contributed by atoms with Crippen molar-refractivity contribution in [3.8, 4) is 0 Å². The fourth-order valence-electron chi connectivity index (χ4n) is 4.48. The molecule has 0 spiro atoms. The van der Waals surface area contributed by atoms with E-state index in [1.54, 1.807) is 0 Å². The lowest BCUT2D eigenvalue weighted by molar-refractivity contribution is -0.138. The van der Waals surface area contributed by atoms with Crippen LogP contribution in [0.3, 0.4) is 0 Å². The van der Waals surface area contributed by atoms with Gasteiger partial charge in [-0.1, -0.05) is 39.5 Å². The van der Waals surface area contributed by atoms with Crippen molar-refractivity contribution in [2.45, 2.75) is 96.9 Å². The SMILES string of the molecule is CCCN(CCC)C(=O)C1CCC(C(=O)NC2CCCCCC2)CC1. The molecule has 25 heavy (non-hydrogen) atoms. The summed E-state index contributed by atoms with van der Waals surface area (Å²) in [6.45, 7) is 6.00. The molecule has 2 rings (SSSR count). The molecule has 0 atom stereocenters. The van der Waals surface area contributed by atoms with E-state index in [1.165, 1.54) is 25.7 Å². The van der Waals surface area contributed by atoms with Gasteiger partial charge < -0.3 is 10.2 Å². The van der Waals surface area contributed by atoms with E-state index in [0.29, 0.717) is 11.9 Å². The molecule has 2 aliphatic carbocycles. The molecule has 2 aliphatic rings. The molecular weight excluding hydrogens is 312 g/mol. The molecule has 0 heterocycles. The van der Waals surface area contributed by atoms with Crippen LogP contribution in [-0.4, -0.2) is 35.8 Å². The summed E-state index contributed by atoms with van der Waals surface area (Å²) >= 11 is 0. The van der Waals surface area contributed by atoms with E-state index in [2.05, 4.69) is 19.2 Å². The predicted molar refractivity (Wildman–Crippen MR) is 102 cm³/mol. The Morgan fingerprint density at radius 1 is 0.800 bits per heavy atom. The van der Waals surface area contributed by atoms with Crippen molar-refractivity contribution in [3.05, 3.63) is 0 Å². The first-order chi connectivity index (χ1) is 12.2. The lowest BCUT2D eigenvalue weighted by atomic mass is 9.80. The molecule has 0 bridgehead atoms. The van der Waals surface area contributed by atoms with Crippen molar-refractivity contribution in [1.82, 2.24) is 10.2 Å². The number of nitrogens with zero attached hydrogens (tertiary/aromatic N) is 1. The number of hydrogen-bond donors (Lipinski definition) is 1. The van der Waals surface area contributed by atoms with E-state index in [4.69, 9.17) is 0 Å². The normalized spacial score (nSPS) is 25.2. The highest BCUT2D eigenvalue weighted by molar-refractivity contribution is 5.81. The van der Waals surface area contributed by atoms with Crippen molar-refractivity contribution in [2.75, 3.05) is 13.1 Å². The zero-order valence-electron chi connectivity index (χ0n) is 16.4. The molecule has 0 saturated heterocycles. The number of carbonyl (C=O) groups excluding carboxylic acids is 2. The summed E-state index contributed by atoms with van der Waals surface area (Å²) in [7, 11) is 0. The molecule has 0 aromatic rings. The van der Waals surface area contributed by atoms with Gasteiger partial charge in [-0.3, -0.25) is 9.59 Å². The summed E-state index contributed by atoms with van der Waals surface area (Å²) in [5.74, 6) is 0.834. The zero-order valence-corrected chi connectivity index (χ0v) is 16.4. The number of hydrogen-bond acceptors (Lipinski definition) is 2. The third kappa shape index (κ3) is 6.31. The van der Waals surface area contributed by atoms with Crippen molar-refractivity contribution in [3.63, 3.8) is 0 Å². The number of carbonyl (C=O) groups is 2. The third-order valence-corrected chi connectivity index (χ3v) is 5.95. The zero-order chi connectivity index (χ0) is 18.1. The van der Waals surface area contributed by atoms with E-state index in [1.807, 2.05) is 4.90 Å². The van der Waals surface area contributed by atoms with Gasteiger partial charge in [-0.2, -0.15) is 0 Å². The van der Waals surface area contributed by atoms with Crippen LogP contribution in [0.2, 0.25) is 0 Å². The molecule has 0 aromatic heterocycles. The van der Waals surface area contributed by atoms with Gasteiger partial charge >= 0.3 is 0 Å². The monoisotopic (exact) mass is 350 g/mol. The topological polar surface area (TPSA) is 49.4 Å². The molecule has 1 N–H and O–H groups in total. The first-order valence-corrected chi connectivity index (χ1v) is 10.7. The van der Waals surface area contributed by atoms with Crippen molar-refractivity contribution in [2.24, 2.45) is 11.8 Å². The molecule has 2 amide bonds. The highest BCUT2D eigenvalue weighted by atomic mass is 16.2. The Balaban J connectivity index is 1.77. The van der Waals surface area contributed by atoms with Gasteiger partial charge in [-0.05, 0) is 51.4 Å². The second-order valence-electron chi connectivity index (χ2n) is 8.07. The lowest BCUT2D eigenvalue weighted by Crippen LogP contribution is -2.42. The van der Waals surface area contributed by atoms with Crippen LogP contribution in [0.1, 0.15) is 90.9 Å². The fourth-order valence-corrected chi connectivity index (χ4v) is 4.48. The first kappa shape index (κ1) is 20.3. The minimum absolute atomic E-state index is 0.123. The lowest BCUT2D eigenvalue weighted by Gasteiger charge is -2.32. The summed E-state index contributed by atoms with van der Waals surface area (Å²) in [6, 6.07) is 0.388. The summed E-state index contributed by atoms with van der Waals surface area (Å²) in [5, 5.41) is 3.30. The van der Waals surface area contributed by atoms with E-state index in [0.717, 1.165) is 64.5 Å². The van der Waals surface area contributed by atoms with Gasteiger partial charge in [-0.15, -0.1) is 0 Å². The highest BCUT2D eigenvalue weighted by Gasteiger charge is 2.32. The van der Waals surface area contributed by atoms with Crippen LogP contribution in [0, 0.1) is 11.8 Å². The largest absolute Gasteiger partial charge is 0.353 e.